The lowest BCUT2D eigenvalue weighted by Gasteiger charge is -2.43. The lowest BCUT2D eigenvalue weighted by atomic mass is 9.72. The SMILES string of the molecule is CCOc1ncccc1C1(CC(=O)N2CCN(C3CCN(C(F)(F)F)CC3)CC2)C(=O)N(S(=O)(=O)c2ccccc2)c2ccc(C#N)cc21. The largest absolute Gasteiger partial charge is 0.478 e. The first-order chi connectivity index (χ1) is 23.4. The monoisotopic (exact) mass is 696 g/mol. The number of hydrogen-bond acceptors (Lipinski definition) is 9. The summed E-state index contributed by atoms with van der Waals surface area (Å²) in [5.74, 6) is -1.29. The van der Waals surface area contributed by atoms with E-state index in [4.69, 9.17) is 4.74 Å². The molecule has 2 fully saturated rings. The molecule has 49 heavy (non-hydrogen) atoms. The Morgan fingerprint density at radius 1 is 1.00 bits per heavy atom. The second-order valence-corrected chi connectivity index (χ2v) is 14.0. The molecular formula is C34H35F3N6O5S. The highest BCUT2D eigenvalue weighted by Gasteiger charge is 2.58. The van der Waals surface area contributed by atoms with Crippen molar-refractivity contribution < 1.29 is 35.9 Å². The molecule has 2 amide bonds. The molecule has 6 rings (SSSR count). The van der Waals surface area contributed by atoms with Crippen LogP contribution in [0.1, 0.15) is 42.9 Å². The van der Waals surface area contributed by atoms with Crippen LogP contribution < -0.4 is 9.04 Å². The number of rotatable bonds is 8. The first-order valence-electron chi connectivity index (χ1n) is 16.0. The van der Waals surface area contributed by atoms with Gasteiger partial charge < -0.3 is 9.64 Å². The molecule has 1 atom stereocenters. The predicted octanol–water partition coefficient (Wildman–Crippen LogP) is 3.89. The van der Waals surface area contributed by atoms with Gasteiger partial charge in [-0.05, 0) is 61.7 Å². The average Bonchev–Trinajstić information content (AvgIpc) is 3.36. The number of alkyl halides is 3. The van der Waals surface area contributed by atoms with Crippen molar-refractivity contribution in [2.45, 2.75) is 48.8 Å². The van der Waals surface area contributed by atoms with Gasteiger partial charge in [0, 0.05) is 63.5 Å². The van der Waals surface area contributed by atoms with Crippen molar-refractivity contribution in [2.24, 2.45) is 0 Å². The summed E-state index contributed by atoms with van der Waals surface area (Å²) >= 11 is 0. The van der Waals surface area contributed by atoms with Gasteiger partial charge >= 0.3 is 6.30 Å². The van der Waals surface area contributed by atoms with Crippen molar-refractivity contribution in [1.29, 1.82) is 5.26 Å². The highest BCUT2D eigenvalue weighted by Crippen LogP contribution is 2.52. The third-order valence-electron chi connectivity index (χ3n) is 9.57. The summed E-state index contributed by atoms with van der Waals surface area (Å²) in [7, 11) is -4.48. The molecule has 0 N–H and O–H groups in total. The predicted molar refractivity (Wildman–Crippen MR) is 172 cm³/mol. The minimum Gasteiger partial charge on any atom is -0.478 e. The Morgan fingerprint density at radius 2 is 1.69 bits per heavy atom. The van der Waals surface area contributed by atoms with Crippen LogP contribution in [-0.2, 0) is 25.0 Å². The zero-order chi connectivity index (χ0) is 35.0. The van der Waals surface area contributed by atoms with E-state index in [9.17, 15) is 36.4 Å². The number of carbonyl (C=O) groups excluding carboxylic acids is 2. The van der Waals surface area contributed by atoms with Gasteiger partial charge in [-0.25, -0.2) is 22.6 Å². The zero-order valence-electron chi connectivity index (χ0n) is 26.8. The molecule has 258 valence electrons. The maximum Gasteiger partial charge on any atom is 0.459 e. The standard InChI is InChI=1S/C34H35F3N6O5S/c1-2-48-31-27(9-6-14-39-31)33(22-30(44)41-19-17-40(18-20-41)25-12-15-42(16-13-25)34(35,36)37)28-21-24(23-38)10-11-29(28)43(32(33)45)49(46,47)26-7-4-3-5-8-26/h3-11,14,21,25H,2,12-13,15-20,22H2,1H3. The highest BCUT2D eigenvalue weighted by molar-refractivity contribution is 7.93. The fourth-order valence-corrected chi connectivity index (χ4v) is 8.62. The Balaban J connectivity index is 1.36. The number of pyridine rings is 1. The van der Waals surface area contributed by atoms with E-state index in [1.54, 1.807) is 30.0 Å². The molecule has 0 radical (unpaired) electrons. The molecule has 3 aliphatic rings. The molecule has 0 saturated carbocycles. The van der Waals surface area contributed by atoms with Crippen molar-refractivity contribution in [1.82, 2.24) is 19.7 Å². The number of piperazine rings is 1. The number of ether oxygens (including phenoxy) is 1. The smallest absolute Gasteiger partial charge is 0.459 e. The van der Waals surface area contributed by atoms with Gasteiger partial charge in [-0.15, -0.1) is 0 Å². The van der Waals surface area contributed by atoms with E-state index in [-0.39, 0.29) is 72.0 Å². The molecule has 11 nitrogen and oxygen atoms in total. The van der Waals surface area contributed by atoms with Gasteiger partial charge in [0.25, 0.3) is 15.9 Å². The molecular weight excluding hydrogens is 661 g/mol. The maximum atomic E-state index is 15.0. The van der Waals surface area contributed by atoms with Crippen LogP contribution in [0.3, 0.4) is 0 Å². The van der Waals surface area contributed by atoms with Gasteiger partial charge in [-0.1, -0.05) is 24.3 Å². The summed E-state index contributed by atoms with van der Waals surface area (Å²) in [6.45, 7) is 3.14. The highest BCUT2D eigenvalue weighted by atomic mass is 32.2. The van der Waals surface area contributed by atoms with E-state index in [1.807, 2.05) is 0 Å². The van der Waals surface area contributed by atoms with Crippen LogP contribution in [0.2, 0.25) is 0 Å². The lowest BCUT2D eigenvalue weighted by Crippen LogP contribution is -2.56. The number of sulfonamides is 1. The number of nitrogens with zero attached hydrogens (tertiary/aromatic N) is 6. The summed E-state index contributed by atoms with van der Waals surface area (Å²) in [5.41, 5.74) is -1.40. The molecule has 15 heteroatoms. The van der Waals surface area contributed by atoms with Crippen LogP contribution in [0.15, 0.2) is 71.8 Å². The van der Waals surface area contributed by atoms with Gasteiger partial charge in [-0.2, -0.15) is 18.4 Å². The van der Waals surface area contributed by atoms with Gasteiger partial charge in [0.05, 0.1) is 28.8 Å². The first kappa shape index (κ1) is 34.3. The summed E-state index contributed by atoms with van der Waals surface area (Å²) < 4.78 is 74.4. The number of halogens is 3. The number of anilines is 1. The second-order valence-electron chi connectivity index (χ2n) is 12.2. The summed E-state index contributed by atoms with van der Waals surface area (Å²) in [6, 6.07) is 16.9. The molecule has 0 bridgehead atoms. The number of aromatic nitrogens is 1. The summed E-state index contributed by atoms with van der Waals surface area (Å²) in [4.78, 5) is 37.7. The Labute approximate surface area is 282 Å². The van der Waals surface area contributed by atoms with Crippen LogP contribution >= 0.6 is 0 Å². The lowest BCUT2D eigenvalue weighted by molar-refractivity contribution is -0.252. The van der Waals surface area contributed by atoms with E-state index in [1.165, 1.54) is 48.7 Å². The number of nitriles is 1. The van der Waals surface area contributed by atoms with Crippen LogP contribution in [0.25, 0.3) is 0 Å². The molecule has 2 saturated heterocycles. The third kappa shape index (κ3) is 6.24. The van der Waals surface area contributed by atoms with Crippen molar-refractivity contribution in [3.8, 4) is 11.9 Å². The van der Waals surface area contributed by atoms with Crippen molar-refractivity contribution in [3.05, 3.63) is 83.6 Å². The average molecular weight is 697 g/mol. The molecule has 3 aliphatic heterocycles. The third-order valence-corrected chi connectivity index (χ3v) is 11.3. The zero-order valence-corrected chi connectivity index (χ0v) is 27.6. The number of piperidine rings is 1. The number of likely N-dealkylation sites (tertiary alicyclic amines) is 1. The van der Waals surface area contributed by atoms with Gasteiger partial charge in [0.15, 0.2) is 0 Å². The fourth-order valence-electron chi connectivity index (χ4n) is 7.11. The van der Waals surface area contributed by atoms with Crippen molar-refractivity contribution >= 4 is 27.5 Å². The summed E-state index contributed by atoms with van der Waals surface area (Å²) in [5, 5.41) is 9.85. The second kappa shape index (κ2) is 13.4. The van der Waals surface area contributed by atoms with E-state index in [2.05, 4.69) is 16.0 Å². The van der Waals surface area contributed by atoms with E-state index >= 15 is 0 Å². The molecule has 0 aliphatic carbocycles. The quantitative estimate of drug-likeness (QED) is 0.323. The topological polar surface area (TPSA) is 127 Å². The fraction of sp³-hybridized carbons (Fsp3) is 0.412. The minimum atomic E-state index is -4.48. The Kier molecular flexibility index (Phi) is 9.40. The first-order valence-corrected chi connectivity index (χ1v) is 17.5. The van der Waals surface area contributed by atoms with Crippen LogP contribution in [0.5, 0.6) is 5.88 Å². The van der Waals surface area contributed by atoms with E-state index in [0.717, 1.165) is 0 Å². The van der Waals surface area contributed by atoms with Gasteiger partial charge in [-0.3, -0.25) is 14.5 Å². The van der Waals surface area contributed by atoms with Gasteiger partial charge in [0.1, 0.15) is 5.41 Å². The van der Waals surface area contributed by atoms with E-state index < -0.39 is 40.0 Å². The van der Waals surface area contributed by atoms with Crippen LogP contribution in [0, 0.1) is 11.3 Å². The molecule has 4 heterocycles. The maximum absolute atomic E-state index is 15.0. The van der Waals surface area contributed by atoms with Crippen LogP contribution in [-0.4, -0.2) is 98.1 Å². The van der Waals surface area contributed by atoms with Gasteiger partial charge in [0.2, 0.25) is 11.8 Å². The molecule has 3 aromatic rings. The number of carbonyl (C=O) groups is 2. The van der Waals surface area contributed by atoms with Crippen molar-refractivity contribution in [3.63, 3.8) is 0 Å². The minimum absolute atomic E-state index is 0.0157. The summed E-state index contributed by atoms with van der Waals surface area (Å²) in [6.07, 6.45) is -2.66. The number of amides is 2. The van der Waals surface area contributed by atoms with Crippen LogP contribution in [0.4, 0.5) is 18.9 Å². The molecule has 0 spiro atoms. The Morgan fingerprint density at radius 3 is 2.33 bits per heavy atom. The number of fused-ring (bicyclic) bond motifs is 1. The van der Waals surface area contributed by atoms with Crippen molar-refractivity contribution in [2.75, 3.05) is 50.2 Å². The molecule has 2 aromatic carbocycles. The Hall–Kier alpha value is -4.52. The number of benzene rings is 2. The molecule has 1 aromatic heterocycles. The Bertz CT molecular complexity index is 1870. The van der Waals surface area contributed by atoms with E-state index in [0.29, 0.717) is 35.1 Å². The molecule has 1 unspecified atom stereocenters. The normalized spacial score (nSPS) is 21.0. The number of hydrogen-bond donors (Lipinski definition) is 0.